The molecule has 3 nitrogen and oxygen atoms in total. The number of aliphatic hydroxyl groups is 1. The summed E-state index contributed by atoms with van der Waals surface area (Å²) in [5.41, 5.74) is 1.19. The third kappa shape index (κ3) is 4.88. The van der Waals surface area contributed by atoms with E-state index in [1.807, 2.05) is 12.1 Å². The molecule has 0 aromatic heterocycles. The lowest BCUT2D eigenvalue weighted by Crippen LogP contribution is -2.21. The smallest absolute Gasteiger partial charge is 0.147 e. The number of aliphatic hydroxyl groups excluding tert-OH is 1. The van der Waals surface area contributed by atoms with Crippen LogP contribution in [0.15, 0.2) is 21.1 Å². The third-order valence-electron chi connectivity index (χ3n) is 2.71. The second-order valence-electron chi connectivity index (χ2n) is 4.34. The molecule has 0 aliphatic heterocycles. The monoisotopic (exact) mass is 379 g/mol. The van der Waals surface area contributed by atoms with Gasteiger partial charge < -0.3 is 15.2 Å². The van der Waals surface area contributed by atoms with E-state index < -0.39 is 0 Å². The number of nitrogens with one attached hydrogen (secondary N) is 1. The van der Waals surface area contributed by atoms with Crippen molar-refractivity contribution < 1.29 is 9.84 Å². The predicted molar refractivity (Wildman–Crippen MR) is 81.0 cm³/mol. The number of hydrogen-bond acceptors (Lipinski definition) is 3. The van der Waals surface area contributed by atoms with Crippen LogP contribution in [0.2, 0.25) is 0 Å². The Balaban J connectivity index is 2.53. The summed E-state index contributed by atoms with van der Waals surface area (Å²) in [6.07, 6.45) is 0.836. The molecule has 1 aromatic carbocycles. The summed E-state index contributed by atoms with van der Waals surface area (Å²) in [5, 5.41) is 12.2. The van der Waals surface area contributed by atoms with Crippen LogP contribution in [0.1, 0.15) is 18.9 Å². The Kier molecular flexibility index (Phi) is 7.22. The molecular weight excluding hydrogens is 362 g/mol. The maximum Gasteiger partial charge on any atom is 0.147 e. The average molecular weight is 381 g/mol. The van der Waals surface area contributed by atoms with Crippen molar-refractivity contribution >= 4 is 31.9 Å². The van der Waals surface area contributed by atoms with Gasteiger partial charge in [-0.2, -0.15) is 0 Å². The SMILES string of the molecule is COc1c(Br)cc(CNCC(C)CCO)cc1Br. The molecule has 0 aliphatic carbocycles. The van der Waals surface area contributed by atoms with Crippen LogP contribution >= 0.6 is 31.9 Å². The Labute approximate surface area is 125 Å². The largest absolute Gasteiger partial charge is 0.494 e. The Bertz CT molecular complexity index is 362. The molecule has 0 radical (unpaired) electrons. The Morgan fingerprint density at radius 1 is 1.33 bits per heavy atom. The number of hydrogen-bond donors (Lipinski definition) is 2. The van der Waals surface area contributed by atoms with Crippen LogP contribution in [0.25, 0.3) is 0 Å². The maximum atomic E-state index is 8.83. The van der Waals surface area contributed by atoms with E-state index in [2.05, 4.69) is 44.1 Å². The second kappa shape index (κ2) is 8.15. The Hall–Kier alpha value is -0.100. The van der Waals surface area contributed by atoms with Crippen LogP contribution in [-0.4, -0.2) is 25.4 Å². The highest BCUT2D eigenvalue weighted by Gasteiger charge is 2.08. The summed E-state index contributed by atoms with van der Waals surface area (Å²) in [4.78, 5) is 0. The minimum atomic E-state index is 0.252. The zero-order valence-corrected chi connectivity index (χ0v) is 13.8. The van der Waals surface area contributed by atoms with Crippen LogP contribution in [0.4, 0.5) is 0 Å². The van der Waals surface area contributed by atoms with Gasteiger partial charge in [0.15, 0.2) is 0 Å². The van der Waals surface area contributed by atoms with Crippen molar-refractivity contribution in [3.05, 3.63) is 26.6 Å². The first-order valence-corrected chi connectivity index (χ1v) is 7.50. The number of rotatable bonds is 7. The maximum absolute atomic E-state index is 8.83. The molecular formula is C13H19Br2NO2. The molecule has 0 aliphatic rings. The molecule has 0 bridgehead atoms. The van der Waals surface area contributed by atoms with E-state index in [0.29, 0.717) is 5.92 Å². The quantitative estimate of drug-likeness (QED) is 0.762. The van der Waals surface area contributed by atoms with Crippen molar-refractivity contribution in [2.24, 2.45) is 5.92 Å². The summed E-state index contributed by atoms with van der Waals surface area (Å²) in [7, 11) is 1.65. The Morgan fingerprint density at radius 2 is 1.94 bits per heavy atom. The summed E-state index contributed by atoms with van der Waals surface area (Å²) in [6.45, 7) is 4.09. The van der Waals surface area contributed by atoms with Gasteiger partial charge in [0.05, 0.1) is 16.1 Å². The third-order valence-corrected chi connectivity index (χ3v) is 3.88. The first-order chi connectivity index (χ1) is 8.58. The van der Waals surface area contributed by atoms with Gasteiger partial charge in [0, 0.05) is 13.2 Å². The molecule has 0 saturated carbocycles. The van der Waals surface area contributed by atoms with Crippen LogP contribution in [0.3, 0.4) is 0 Å². The summed E-state index contributed by atoms with van der Waals surface area (Å²) in [5.74, 6) is 1.30. The van der Waals surface area contributed by atoms with Gasteiger partial charge in [-0.3, -0.25) is 0 Å². The van der Waals surface area contributed by atoms with E-state index in [1.54, 1.807) is 7.11 Å². The molecule has 102 valence electrons. The van der Waals surface area contributed by atoms with E-state index in [9.17, 15) is 0 Å². The lowest BCUT2D eigenvalue weighted by Gasteiger charge is -2.13. The predicted octanol–water partition coefficient (Wildman–Crippen LogP) is 3.33. The summed E-state index contributed by atoms with van der Waals surface area (Å²) >= 11 is 6.98. The topological polar surface area (TPSA) is 41.5 Å². The molecule has 0 amide bonds. The molecule has 1 unspecified atom stereocenters. The number of halogens is 2. The molecule has 0 saturated heterocycles. The lowest BCUT2D eigenvalue weighted by molar-refractivity contribution is 0.260. The molecule has 5 heteroatoms. The van der Waals surface area contributed by atoms with Gasteiger partial charge >= 0.3 is 0 Å². The molecule has 1 aromatic rings. The fraction of sp³-hybridized carbons (Fsp3) is 0.538. The zero-order valence-electron chi connectivity index (χ0n) is 10.7. The highest BCUT2D eigenvalue weighted by Crippen LogP contribution is 2.34. The van der Waals surface area contributed by atoms with Gasteiger partial charge in [-0.05, 0) is 68.4 Å². The highest BCUT2D eigenvalue weighted by molar-refractivity contribution is 9.11. The molecule has 0 spiro atoms. The van der Waals surface area contributed by atoms with Gasteiger partial charge in [0.1, 0.15) is 5.75 Å². The standard InChI is InChI=1S/C13H19Br2NO2/c1-9(3-4-17)7-16-8-10-5-11(14)13(18-2)12(15)6-10/h5-6,9,16-17H,3-4,7-8H2,1-2H3. The van der Waals surface area contributed by atoms with Gasteiger partial charge in [-0.15, -0.1) is 0 Å². The summed E-state index contributed by atoms with van der Waals surface area (Å²) in [6, 6.07) is 4.10. The normalized spacial score (nSPS) is 12.5. The van der Waals surface area contributed by atoms with E-state index in [0.717, 1.165) is 34.2 Å². The summed E-state index contributed by atoms with van der Waals surface area (Å²) < 4.78 is 7.15. The molecule has 18 heavy (non-hydrogen) atoms. The van der Waals surface area contributed by atoms with Crippen molar-refractivity contribution in [3.63, 3.8) is 0 Å². The fourth-order valence-electron chi connectivity index (χ4n) is 1.69. The van der Waals surface area contributed by atoms with E-state index in [-0.39, 0.29) is 6.61 Å². The minimum absolute atomic E-state index is 0.252. The fourth-order valence-corrected chi connectivity index (χ4v) is 3.30. The first-order valence-electron chi connectivity index (χ1n) is 5.92. The van der Waals surface area contributed by atoms with Crippen molar-refractivity contribution in [1.29, 1.82) is 0 Å². The van der Waals surface area contributed by atoms with Crippen LogP contribution < -0.4 is 10.1 Å². The number of methoxy groups -OCH3 is 1. The van der Waals surface area contributed by atoms with E-state index in [4.69, 9.17) is 9.84 Å². The minimum Gasteiger partial charge on any atom is -0.494 e. The van der Waals surface area contributed by atoms with E-state index in [1.165, 1.54) is 5.56 Å². The van der Waals surface area contributed by atoms with Crippen molar-refractivity contribution in [1.82, 2.24) is 5.32 Å². The number of benzene rings is 1. The van der Waals surface area contributed by atoms with E-state index >= 15 is 0 Å². The molecule has 1 atom stereocenters. The van der Waals surface area contributed by atoms with Gasteiger partial charge in [0.25, 0.3) is 0 Å². The van der Waals surface area contributed by atoms with Crippen molar-refractivity contribution in [2.75, 3.05) is 20.3 Å². The average Bonchev–Trinajstić information content (AvgIpc) is 2.29. The molecule has 1 rings (SSSR count). The van der Waals surface area contributed by atoms with Gasteiger partial charge in [-0.1, -0.05) is 6.92 Å². The van der Waals surface area contributed by atoms with Crippen molar-refractivity contribution in [2.45, 2.75) is 19.9 Å². The zero-order chi connectivity index (χ0) is 13.5. The molecule has 0 fully saturated rings. The molecule has 0 heterocycles. The highest BCUT2D eigenvalue weighted by atomic mass is 79.9. The molecule has 2 N–H and O–H groups in total. The van der Waals surface area contributed by atoms with Crippen molar-refractivity contribution in [3.8, 4) is 5.75 Å². The first kappa shape index (κ1) is 16.0. The Morgan fingerprint density at radius 3 is 2.44 bits per heavy atom. The van der Waals surface area contributed by atoms with Crippen LogP contribution in [0, 0.1) is 5.92 Å². The van der Waals surface area contributed by atoms with Crippen LogP contribution in [0.5, 0.6) is 5.75 Å². The second-order valence-corrected chi connectivity index (χ2v) is 6.05. The van der Waals surface area contributed by atoms with Gasteiger partial charge in [0.2, 0.25) is 0 Å². The number of ether oxygens (including phenoxy) is 1. The lowest BCUT2D eigenvalue weighted by atomic mass is 10.1. The van der Waals surface area contributed by atoms with Crippen LogP contribution in [-0.2, 0) is 6.54 Å². The van der Waals surface area contributed by atoms with Gasteiger partial charge in [-0.25, -0.2) is 0 Å².